The molecule has 7 heteroatoms. The van der Waals surface area contributed by atoms with Crippen LogP contribution < -0.4 is 4.74 Å². The van der Waals surface area contributed by atoms with Gasteiger partial charge in [-0.15, -0.1) is 11.3 Å². The summed E-state index contributed by atoms with van der Waals surface area (Å²) >= 11 is 1.69. The summed E-state index contributed by atoms with van der Waals surface area (Å²) in [4.78, 5) is 20.5. The Morgan fingerprint density at radius 2 is 2.14 bits per heavy atom. The van der Waals surface area contributed by atoms with Gasteiger partial charge in [0.2, 0.25) is 0 Å². The number of carboxylic acids is 1. The molecule has 0 aliphatic carbocycles. The van der Waals surface area contributed by atoms with Crippen molar-refractivity contribution < 1.29 is 19.7 Å². The van der Waals surface area contributed by atoms with E-state index in [-0.39, 0.29) is 18.3 Å². The third kappa shape index (κ3) is 6.61. The van der Waals surface area contributed by atoms with Crippen LogP contribution in [0.15, 0.2) is 42.6 Å². The zero-order valence-electron chi connectivity index (χ0n) is 20.2. The number of ether oxygens (including phenoxy) is 1. The molecule has 4 rings (SSSR count). The lowest BCUT2D eigenvalue weighted by atomic mass is 9.79. The van der Waals surface area contributed by atoms with Gasteiger partial charge < -0.3 is 14.9 Å². The molecule has 184 valence electrons. The fourth-order valence-corrected chi connectivity index (χ4v) is 5.71. The van der Waals surface area contributed by atoms with Gasteiger partial charge in [-0.05, 0) is 86.5 Å². The molecule has 1 unspecified atom stereocenters. The van der Waals surface area contributed by atoms with E-state index in [1.54, 1.807) is 24.6 Å². The normalized spacial score (nSPS) is 19.2. The van der Waals surface area contributed by atoms with Crippen molar-refractivity contribution in [3.8, 4) is 17.6 Å². The summed E-state index contributed by atoms with van der Waals surface area (Å²) in [6.07, 6.45) is 3.49. The molecule has 3 atom stereocenters. The van der Waals surface area contributed by atoms with Crippen LogP contribution in [-0.2, 0) is 4.79 Å². The number of aryl methyl sites for hydroxylation is 1. The molecule has 1 saturated heterocycles. The Labute approximate surface area is 210 Å². The number of hydrogen-bond acceptors (Lipinski definition) is 6. The molecule has 6 nitrogen and oxygen atoms in total. The maximum Gasteiger partial charge on any atom is 0.303 e. The van der Waals surface area contributed by atoms with Crippen LogP contribution in [0.4, 0.5) is 0 Å². The number of piperidine rings is 1. The molecule has 2 aromatic heterocycles. The number of likely N-dealkylation sites (tertiary alicyclic amines) is 1. The van der Waals surface area contributed by atoms with Crippen LogP contribution in [0, 0.1) is 30.6 Å². The Balaban J connectivity index is 1.39. The fraction of sp³-hybridized carbons (Fsp3) is 0.429. The van der Waals surface area contributed by atoms with Gasteiger partial charge in [-0.3, -0.25) is 14.7 Å². The molecule has 0 saturated carbocycles. The molecule has 1 aromatic carbocycles. The summed E-state index contributed by atoms with van der Waals surface area (Å²) in [5.41, 5.74) is 1.65. The molecule has 1 aliphatic heterocycles. The molecule has 3 aromatic rings. The van der Waals surface area contributed by atoms with E-state index >= 15 is 0 Å². The first-order chi connectivity index (χ1) is 16.9. The van der Waals surface area contributed by atoms with Gasteiger partial charge in [-0.1, -0.05) is 11.8 Å². The standard InChI is InChI=1S/C28H32N2O4S/c1-19-5-8-23(35-19)4-3-14-30-15-12-20(21(18-30)16-28(32)33)6-10-27(31)24-11-13-29-26-9-7-22(34-2)17-25(24)26/h5,7-9,11,13,17,20-21,27,31H,6,10,12,14-16,18H2,1-2H3,(H,32,33)/t20-,21+,27?/m1/s1. The highest BCUT2D eigenvalue weighted by Crippen LogP contribution is 2.34. The van der Waals surface area contributed by atoms with Crippen molar-refractivity contribution >= 4 is 28.2 Å². The number of aliphatic carboxylic acids is 1. The van der Waals surface area contributed by atoms with Gasteiger partial charge in [0.25, 0.3) is 0 Å². The molecule has 0 spiro atoms. The second kappa shape index (κ2) is 11.7. The summed E-state index contributed by atoms with van der Waals surface area (Å²) in [5, 5.41) is 21.4. The molecular weight excluding hydrogens is 460 g/mol. The summed E-state index contributed by atoms with van der Waals surface area (Å²) in [6.45, 7) is 4.33. The number of aliphatic hydroxyl groups excluding tert-OH is 1. The van der Waals surface area contributed by atoms with Crippen molar-refractivity contribution in [2.45, 2.75) is 38.7 Å². The van der Waals surface area contributed by atoms with E-state index in [0.29, 0.717) is 13.0 Å². The van der Waals surface area contributed by atoms with E-state index in [4.69, 9.17) is 4.74 Å². The second-order valence-electron chi connectivity index (χ2n) is 9.23. The molecule has 1 fully saturated rings. The maximum absolute atomic E-state index is 11.6. The van der Waals surface area contributed by atoms with Crippen molar-refractivity contribution in [3.05, 3.63) is 57.9 Å². The van der Waals surface area contributed by atoms with Crippen molar-refractivity contribution in [2.24, 2.45) is 11.8 Å². The molecule has 2 N–H and O–H groups in total. The van der Waals surface area contributed by atoms with E-state index in [9.17, 15) is 15.0 Å². The Morgan fingerprint density at radius 3 is 2.89 bits per heavy atom. The van der Waals surface area contributed by atoms with Crippen molar-refractivity contribution in [2.75, 3.05) is 26.7 Å². The minimum absolute atomic E-state index is 0.0495. The highest BCUT2D eigenvalue weighted by atomic mass is 32.1. The first-order valence-corrected chi connectivity index (χ1v) is 12.8. The van der Waals surface area contributed by atoms with Crippen LogP contribution in [-0.4, -0.2) is 52.8 Å². The number of nitrogens with zero attached hydrogens (tertiary/aromatic N) is 2. The predicted molar refractivity (Wildman–Crippen MR) is 139 cm³/mol. The van der Waals surface area contributed by atoms with Crippen LogP contribution >= 0.6 is 11.3 Å². The second-order valence-corrected chi connectivity index (χ2v) is 10.5. The van der Waals surface area contributed by atoms with Crippen LogP contribution in [0.3, 0.4) is 0 Å². The van der Waals surface area contributed by atoms with Gasteiger partial charge >= 0.3 is 5.97 Å². The lowest BCUT2D eigenvalue weighted by molar-refractivity contribution is -0.139. The van der Waals surface area contributed by atoms with Gasteiger partial charge in [0.15, 0.2) is 0 Å². The molecule has 35 heavy (non-hydrogen) atoms. The monoisotopic (exact) mass is 492 g/mol. The van der Waals surface area contributed by atoms with Gasteiger partial charge in [0.1, 0.15) is 5.75 Å². The number of thiophene rings is 1. The Hall–Kier alpha value is -2.92. The first-order valence-electron chi connectivity index (χ1n) is 12.0. The number of carbonyl (C=O) groups is 1. The third-order valence-electron chi connectivity index (χ3n) is 6.82. The lowest BCUT2D eigenvalue weighted by Crippen LogP contribution is -2.41. The summed E-state index contributed by atoms with van der Waals surface area (Å²) in [7, 11) is 1.62. The van der Waals surface area contributed by atoms with E-state index in [0.717, 1.165) is 53.0 Å². The maximum atomic E-state index is 11.6. The number of aromatic nitrogens is 1. The number of methoxy groups -OCH3 is 1. The molecule has 0 bridgehead atoms. The number of carboxylic acid groups (broad SMARTS) is 1. The minimum atomic E-state index is -0.769. The molecule has 0 amide bonds. The zero-order valence-corrected chi connectivity index (χ0v) is 21.1. The first kappa shape index (κ1) is 25.2. The lowest BCUT2D eigenvalue weighted by Gasteiger charge is -2.37. The van der Waals surface area contributed by atoms with E-state index in [2.05, 4.69) is 34.7 Å². The topological polar surface area (TPSA) is 82.9 Å². The highest BCUT2D eigenvalue weighted by Gasteiger charge is 2.31. The highest BCUT2D eigenvalue weighted by molar-refractivity contribution is 7.12. The fourth-order valence-electron chi connectivity index (χ4n) is 4.97. The number of hydrogen-bond donors (Lipinski definition) is 2. The zero-order chi connectivity index (χ0) is 24.8. The SMILES string of the molecule is COc1ccc2nccc(C(O)CC[C@@H]3CCN(CC#Cc4ccc(C)s4)C[C@@H]3CC(=O)O)c2c1. The third-order valence-corrected chi connectivity index (χ3v) is 7.74. The van der Waals surface area contributed by atoms with E-state index < -0.39 is 12.1 Å². The van der Waals surface area contributed by atoms with Crippen LogP contribution in [0.2, 0.25) is 0 Å². The van der Waals surface area contributed by atoms with Crippen molar-refractivity contribution in [1.29, 1.82) is 0 Å². The quantitative estimate of drug-likeness (QED) is 0.436. The minimum Gasteiger partial charge on any atom is -0.497 e. The Bertz CT molecular complexity index is 1230. The summed E-state index contributed by atoms with van der Waals surface area (Å²) < 4.78 is 5.35. The summed E-state index contributed by atoms with van der Waals surface area (Å²) in [6, 6.07) is 11.6. The number of fused-ring (bicyclic) bond motifs is 1. The number of rotatable bonds is 8. The molecule has 3 heterocycles. The van der Waals surface area contributed by atoms with Gasteiger partial charge in [0, 0.05) is 29.4 Å². The number of pyridine rings is 1. The van der Waals surface area contributed by atoms with Crippen molar-refractivity contribution in [3.63, 3.8) is 0 Å². The van der Waals surface area contributed by atoms with E-state index in [1.807, 2.05) is 30.3 Å². The molecule has 0 radical (unpaired) electrons. The molecule has 1 aliphatic rings. The Morgan fingerprint density at radius 1 is 1.29 bits per heavy atom. The van der Waals surface area contributed by atoms with Crippen LogP contribution in [0.1, 0.15) is 47.1 Å². The number of aliphatic hydroxyl groups is 1. The van der Waals surface area contributed by atoms with Gasteiger partial charge in [-0.2, -0.15) is 0 Å². The van der Waals surface area contributed by atoms with Gasteiger partial charge in [-0.25, -0.2) is 0 Å². The smallest absolute Gasteiger partial charge is 0.303 e. The predicted octanol–water partition coefficient (Wildman–Crippen LogP) is 4.89. The Kier molecular flexibility index (Phi) is 8.40. The van der Waals surface area contributed by atoms with Crippen LogP contribution in [0.25, 0.3) is 10.9 Å². The summed E-state index contributed by atoms with van der Waals surface area (Å²) in [5.74, 6) is 6.74. The average molecular weight is 493 g/mol. The van der Waals surface area contributed by atoms with Crippen LogP contribution in [0.5, 0.6) is 5.75 Å². The largest absolute Gasteiger partial charge is 0.497 e. The van der Waals surface area contributed by atoms with Gasteiger partial charge in [0.05, 0.1) is 30.2 Å². The number of benzene rings is 1. The average Bonchev–Trinajstić information content (AvgIpc) is 3.27. The van der Waals surface area contributed by atoms with Crippen molar-refractivity contribution in [1.82, 2.24) is 9.88 Å². The van der Waals surface area contributed by atoms with E-state index in [1.165, 1.54) is 4.88 Å². The molecular formula is C28H32N2O4S.